The molecule has 13 nitrogen and oxygen atoms in total. The number of unbranched alkanes of at least 4 members (excludes halogenated alkanes) is 10. The van der Waals surface area contributed by atoms with Gasteiger partial charge in [0.25, 0.3) is 0 Å². The van der Waals surface area contributed by atoms with Crippen LogP contribution in [0.1, 0.15) is 123 Å². The topological polar surface area (TPSA) is 151 Å². The van der Waals surface area contributed by atoms with Crippen LogP contribution in [-0.2, 0) is 39.9 Å². The Morgan fingerprint density at radius 2 is 1.01 bits per heavy atom. The highest BCUT2D eigenvalue weighted by atomic mass is 19.1. The molecule has 0 aromatic heterocycles. The normalized spacial score (nSPS) is 14.2. The zero-order chi connectivity index (χ0) is 54.0. The lowest BCUT2D eigenvalue weighted by Gasteiger charge is -2.22. The van der Waals surface area contributed by atoms with Crippen molar-refractivity contribution in [3.8, 4) is 51.0 Å². The lowest BCUT2D eigenvalue weighted by molar-refractivity contribution is -0.150. The predicted molar refractivity (Wildman–Crippen MR) is 282 cm³/mol. The third-order valence-electron chi connectivity index (χ3n) is 12.4. The predicted octanol–water partition coefficient (Wildman–Crippen LogP) is 14.1. The number of hydrogen-bond donors (Lipinski definition) is 0. The highest BCUT2D eigenvalue weighted by molar-refractivity contribution is 5.89. The summed E-state index contributed by atoms with van der Waals surface area (Å²) in [5.41, 5.74) is 3.79. The van der Waals surface area contributed by atoms with Crippen molar-refractivity contribution in [2.75, 3.05) is 46.2 Å². The molecule has 1 atom stereocenters. The Labute approximate surface area is 440 Å². The summed E-state index contributed by atoms with van der Waals surface area (Å²) < 4.78 is 78.5. The van der Waals surface area contributed by atoms with E-state index in [2.05, 4.69) is 27.0 Å². The van der Waals surface area contributed by atoms with Gasteiger partial charge in [-0.1, -0.05) is 115 Å². The van der Waals surface area contributed by atoms with Gasteiger partial charge in [0.05, 0.1) is 39.0 Å². The van der Waals surface area contributed by atoms with Gasteiger partial charge in [-0.2, -0.15) is 0 Å². The Hall–Kier alpha value is -6.90. The summed E-state index contributed by atoms with van der Waals surface area (Å²) in [6.45, 7) is 16.9. The molecule has 0 bridgehead atoms. The third kappa shape index (κ3) is 20.4. The van der Waals surface area contributed by atoms with E-state index in [0.717, 1.165) is 31.2 Å². The van der Waals surface area contributed by atoms with E-state index >= 15 is 0 Å². The molecule has 0 N–H and O–H groups in total. The van der Waals surface area contributed by atoms with Gasteiger partial charge in [-0.3, -0.25) is 4.79 Å². The number of carbonyl (C=O) groups excluding carboxylic acids is 4. The lowest BCUT2D eigenvalue weighted by Crippen LogP contribution is -2.31. The minimum atomic E-state index is -0.691. The van der Waals surface area contributed by atoms with E-state index in [0.29, 0.717) is 73.0 Å². The molecular weight excluding hydrogens is 967 g/mol. The second-order valence-corrected chi connectivity index (χ2v) is 19.0. The fraction of sp³-hybridized carbons (Fsp3) is 0.467. The first kappa shape index (κ1) is 59.0. The maximum absolute atomic E-state index is 14.8. The van der Waals surface area contributed by atoms with Crippen molar-refractivity contribution >= 4 is 24.1 Å². The molecule has 0 spiro atoms. The van der Waals surface area contributed by atoms with E-state index in [-0.39, 0.29) is 72.6 Å². The zero-order valence-corrected chi connectivity index (χ0v) is 44.1. The summed E-state index contributed by atoms with van der Waals surface area (Å²) in [7, 11) is 0. The van der Waals surface area contributed by atoms with Gasteiger partial charge in [-0.05, 0) is 104 Å². The fourth-order valence-corrected chi connectivity index (χ4v) is 7.87. The van der Waals surface area contributed by atoms with E-state index < -0.39 is 29.7 Å². The van der Waals surface area contributed by atoms with Gasteiger partial charge in [0.15, 0.2) is 34.6 Å². The van der Waals surface area contributed by atoms with Crippen LogP contribution < -0.4 is 23.7 Å². The number of halogens is 2. The van der Waals surface area contributed by atoms with Gasteiger partial charge < -0.3 is 42.6 Å². The SMILES string of the molecule is C=C(C)C(=O)OCc1cc(-c2ccc(OCCCCCCCC)c(F)c2)ccc1OCC1COC(=O)OC1.C=C(C)C(=O)Oc1cc(-c2ccc(OCCCCCCCC)c(F)c2)ccc1OCC1CCC(=O)OC1. The highest BCUT2D eigenvalue weighted by Gasteiger charge is 2.24. The molecule has 406 valence electrons. The van der Waals surface area contributed by atoms with Crippen molar-refractivity contribution in [2.24, 2.45) is 11.8 Å². The number of benzene rings is 4. The average Bonchev–Trinajstić information content (AvgIpc) is 3.40. The maximum Gasteiger partial charge on any atom is 0.508 e. The van der Waals surface area contributed by atoms with Gasteiger partial charge in [0.1, 0.15) is 25.6 Å². The monoisotopic (exact) mass is 1040 g/mol. The molecule has 1 unspecified atom stereocenters. The Kier molecular flexibility index (Phi) is 25.0. The van der Waals surface area contributed by atoms with Crippen LogP contribution in [0.2, 0.25) is 0 Å². The van der Waals surface area contributed by atoms with Crippen molar-refractivity contribution in [3.63, 3.8) is 0 Å². The largest absolute Gasteiger partial charge is 0.508 e. The van der Waals surface area contributed by atoms with Crippen molar-refractivity contribution in [2.45, 2.75) is 124 Å². The van der Waals surface area contributed by atoms with E-state index in [9.17, 15) is 28.0 Å². The number of hydrogen-bond acceptors (Lipinski definition) is 13. The quantitative estimate of drug-likeness (QED) is 0.0167. The van der Waals surface area contributed by atoms with E-state index in [1.54, 1.807) is 68.4 Å². The molecule has 2 fully saturated rings. The van der Waals surface area contributed by atoms with Crippen molar-refractivity contribution < 1.29 is 70.6 Å². The van der Waals surface area contributed by atoms with E-state index in [4.69, 9.17) is 42.6 Å². The molecule has 4 aromatic carbocycles. The van der Waals surface area contributed by atoms with E-state index in [1.807, 2.05) is 6.07 Å². The van der Waals surface area contributed by atoms with Crippen LogP contribution in [0.4, 0.5) is 13.6 Å². The molecule has 2 aliphatic heterocycles. The molecule has 4 aromatic rings. The molecule has 0 radical (unpaired) electrons. The summed E-state index contributed by atoms with van der Waals surface area (Å²) in [5.74, 6) is -0.736. The molecular formula is C60H74F2O13. The molecule has 0 aliphatic carbocycles. The standard InChI is InChI=1S/C30H37FO7.C30H37FO6/c1-4-5-6-7-8-9-14-34-28-13-11-24(16-26(28)31)23-10-12-27(25(15-23)20-36-29(32)21(2)3)35-17-22-18-37-30(33)38-19-22;1-4-5-6-7-8-9-16-34-26-13-11-23(17-25(26)31)24-12-14-27(28(18-24)37-30(33)21(2)3)35-19-22-10-15-29(32)36-20-22/h10-13,15-16,22H,2,4-9,14,17-20H2,1,3H3;11-14,17-18,22H,2,4-10,15-16,19-20H2,1,3H3. The third-order valence-corrected chi connectivity index (χ3v) is 12.4. The average molecular weight is 1040 g/mol. The Morgan fingerprint density at radius 3 is 1.53 bits per heavy atom. The molecule has 75 heavy (non-hydrogen) atoms. The Bertz CT molecular complexity index is 2500. The summed E-state index contributed by atoms with van der Waals surface area (Å²) in [6, 6.07) is 20.1. The number of carbonyl (C=O) groups is 4. The van der Waals surface area contributed by atoms with Gasteiger partial charge in [-0.25, -0.2) is 23.2 Å². The van der Waals surface area contributed by atoms with Crippen LogP contribution in [0.25, 0.3) is 22.3 Å². The van der Waals surface area contributed by atoms with Crippen molar-refractivity contribution in [1.82, 2.24) is 0 Å². The van der Waals surface area contributed by atoms with Crippen LogP contribution in [-0.4, -0.2) is 70.3 Å². The molecule has 15 heteroatoms. The second-order valence-electron chi connectivity index (χ2n) is 19.0. The number of ether oxygens (including phenoxy) is 9. The van der Waals surface area contributed by atoms with Crippen molar-refractivity contribution in [3.05, 3.63) is 114 Å². The second kappa shape index (κ2) is 31.7. The number of cyclic esters (lactones) is 3. The molecule has 6 rings (SSSR count). The molecule has 2 aliphatic rings. The van der Waals surface area contributed by atoms with Gasteiger partial charge in [0, 0.05) is 29.0 Å². The highest BCUT2D eigenvalue weighted by Crippen LogP contribution is 2.36. The van der Waals surface area contributed by atoms with Crippen LogP contribution in [0.15, 0.2) is 97.1 Å². The van der Waals surface area contributed by atoms with E-state index in [1.165, 1.54) is 63.5 Å². The van der Waals surface area contributed by atoms with Crippen LogP contribution in [0.3, 0.4) is 0 Å². The van der Waals surface area contributed by atoms with Crippen LogP contribution in [0.5, 0.6) is 28.7 Å². The fourth-order valence-electron chi connectivity index (χ4n) is 7.87. The molecule has 0 saturated carbocycles. The molecule has 0 amide bonds. The summed E-state index contributed by atoms with van der Waals surface area (Å²) in [4.78, 5) is 46.6. The van der Waals surface area contributed by atoms with Crippen LogP contribution >= 0.6 is 0 Å². The van der Waals surface area contributed by atoms with Crippen molar-refractivity contribution in [1.29, 1.82) is 0 Å². The summed E-state index contributed by atoms with van der Waals surface area (Å²) >= 11 is 0. The number of esters is 3. The first-order chi connectivity index (χ1) is 36.2. The first-order valence-electron chi connectivity index (χ1n) is 26.3. The van der Waals surface area contributed by atoms with Crippen LogP contribution in [0, 0.1) is 23.5 Å². The number of rotatable bonds is 29. The molecule has 2 heterocycles. The minimum absolute atomic E-state index is 0.0487. The lowest BCUT2D eigenvalue weighted by atomic mass is 10.0. The molecule has 2 saturated heterocycles. The van der Waals surface area contributed by atoms with Gasteiger partial charge >= 0.3 is 24.1 Å². The van der Waals surface area contributed by atoms with Gasteiger partial charge in [-0.15, -0.1) is 0 Å². The van der Waals surface area contributed by atoms with Gasteiger partial charge in [0.2, 0.25) is 0 Å². The summed E-state index contributed by atoms with van der Waals surface area (Å²) in [5, 5.41) is 0. The first-order valence-corrected chi connectivity index (χ1v) is 26.3. The Morgan fingerprint density at radius 1 is 0.547 bits per heavy atom. The zero-order valence-electron chi connectivity index (χ0n) is 44.1. The minimum Gasteiger partial charge on any atom is -0.493 e. The Balaban J connectivity index is 0.000000277. The summed E-state index contributed by atoms with van der Waals surface area (Å²) in [6.07, 6.45) is 14.0. The smallest absolute Gasteiger partial charge is 0.493 e. The maximum atomic E-state index is 14.8.